The van der Waals surface area contributed by atoms with E-state index in [9.17, 15) is 4.79 Å². The molecule has 0 spiro atoms. The summed E-state index contributed by atoms with van der Waals surface area (Å²) in [7, 11) is 1.55. The van der Waals surface area contributed by atoms with E-state index in [2.05, 4.69) is 5.10 Å². The Hall–Kier alpha value is -4.10. The van der Waals surface area contributed by atoms with Gasteiger partial charge in [0.25, 0.3) is 5.56 Å². The minimum absolute atomic E-state index is 0.0236. The second kappa shape index (κ2) is 9.87. The predicted molar refractivity (Wildman–Crippen MR) is 143 cm³/mol. The van der Waals surface area contributed by atoms with Crippen molar-refractivity contribution in [2.75, 3.05) is 7.11 Å². The summed E-state index contributed by atoms with van der Waals surface area (Å²) in [6.07, 6.45) is 2.33. The van der Waals surface area contributed by atoms with Crippen LogP contribution in [0.2, 0.25) is 5.02 Å². The maximum absolute atomic E-state index is 13.5. The molecule has 5 rings (SSSR count). The van der Waals surface area contributed by atoms with Crippen molar-refractivity contribution in [2.24, 2.45) is 5.10 Å². The molecule has 0 unspecified atom stereocenters. The van der Waals surface area contributed by atoms with E-state index in [4.69, 9.17) is 30.5 Å². The zero-order valence-corrected chi connectivity index (χ0v) is 20.8. The van der Waals surface area contributed by atoms with E-state index in [0.29, 0.717) is 50.2 Å². The molecule has 0 aliphatic heterocycles. The average Bonchev–Trinajstić information content (AvgIpc) is 3.33. The molecule has 182 valence electrons. The van der Waals surface area contributed by atoms with Crippen LogP contribution < -0.4 is 15.0 Å². The molecule has 8 heteroatoms. The Labute approximate surface area is 212 Å². The second-order valence-corrected chi connectivity index (χ2v) is 8.74. The third-order valence-corrected chi connectivity index (χ3v) is 6.15. The molecule has 5 aromatic rings. The van der Waals surface area contributed by atoms with Gasteiger partial charge in [-0.15, -0.1) is 0 Å². The lowest BCUT2D eigenvalue weighted by molar-refractivity contribution is 0.208. The van der Waals surface area contributed by atoms with Crippen LogP contribution in [0.4, 0.5) is 0 Å². The van der Waals surface area contributed by atoms with E-state index in [1.165, 1.54) is 10.9 Å². The van der Waals surface area contributed by atoms with Crippen LogP contribution in [0.25, 0.3) is 33.5 Å². The van der Waals surface area contributed by atoms with Gasteiger partial charge in [0, 0.05) is 5.39 Å². The molecule has 0 radical (unpaired) electrons. The number of rotatable bonds is 7. The number of benzene rings is 3. The van der Waals surface area contributed by atoms with Crippen molar-refractivity contribution in [3.8, 4) is 23.1 Å². The number of methoxy groups -OCH3 is 1. The van der Waals surface area contributed by atoms with Crippen molar-refractivity contribution in [3.63, 3.8) is 0 Å². The van der Waals surface area contributed by atoms with Gasteiger partial charge in [0.05, 0.1) is 35.4 Å². The van der Waals surface area contributed by atoms with Crippen molar-refractivity contribution >= 4 is 39.7 Å². The van der Waals surface area contributed by atoms with Gasteiger partial charge in [-0.3, -0.25) is 4.79 Å². The van der Waals surface area contributed by atoms with Crippen molar-refractivity contribution in [3.05, 3.63) is 87.7 Å². The summed E-state index contributed by atoms with van der Waals surface area (Å²) in [6, 6.07) is 20.1. The van der Waals surface area contributed by atoms with E-state index < -0.39 is 0 Å². The first-order valence-corrected chi connectivity index (χ1v) is 12.0. The number of nitrogens with zero attached hydrogens (tertiary/aromatic N) is 3. The van der Waals surface area contributed by atoms with Crippen LogP contribution in [0, 0.1) is 0 Å². The summed E-state index contributed by atoms with van der Waals surface area (Å²) in [5.41, 5.74) is 1.56. The van der Waals surface area contributed by atoms with Crippen molar-refractivity contribution in [1.29, 1.82) is 0 Å². The lowest BCUT2D eigenvalue weighted by Crippen LogP contribution is -2.20. The number of para-hydroxylation sites is 2. The molecule has 0 bridgehead atoms. The van der Waals surface area contributed by atoms with Crippen LogP contribution >= 0.6 is 11.6 Å². The normalized spacial score (nSPS) is 12.4. The highest BCUT2D eigenvalue weighted by Crippen LogP contribution is 2.37. The fraction of sp³-hybridized carbons (Fsp3) is 0.179. The molecule has 3 aromatic carbocycles. The van der Waals surface area contributed by atoms with Gasteiger partial charge in [-0.2, -0.15) is 9.78 Å². The maximum Gasteiger partial charge on any atom is 0.282 e. The minimum Gasteiger partial charge on any atom is -0.493 e. The van der Waals surface area contributed by atoms with Crippen molar-refractivity contribution in [2.45, 2.75) is 26.4 Å². The van der Waals surface area contributed by atoms with Crippen LogP contribution in [0.15, 0.2) is 81.0 Å². The lowest BCUT2D eigenvalue weighted by atomic mass is 10.2. The number of hydrogen-bond donors (Lipinski definition) is 0. The molecular formula is C28H24ClN3O4. The topological polar surface area (TPSA) is 78.9 Å². The van der Waals surface area contributed by atoms with Gasteiger partial charge in [0.2, 0.25) is 5.82 Å². The number of ether oxygens (including phenoxy) is 2. The first-order chi connectivity index (χ1) is 17.5. The third kappa shape index (κ3) is 4.45. The summed E-state index contributed by atoms with van der Waals surface area (Å²) < 4.78 is 18.7. The number of aromatic nitrogens is 2. The molecule has 0 saturated carbocycles. The Morgan fingerprint density at radius 3 is 2.69 bits per heavy atom. The first-order valence-electron chi connectivity index (χ1n) is 11.6. The summed E-state index contributed by atoms with van der Waals surface area (Å²) in [5.74, 6) is 1.67. The molecule has 0 aliphatic carbocycles. The van der Waals surface area contributed by atoms with E-state index >= 15 is 0 Å². The fourth-order valence-electron chi connectivity index (χ4n) is 3.82. The van der Waals surface area contributed by atoms with Gasteiger partial charge >= 0.3 is 0 Å². The van der Waals surface area contributed by atoms with Gasteiger partial charge in [-0.1, -0.05) is 48.9 Å². The van der Waals surface area contributed by atoms with Crippen LogP contribution in [-0.4, -0.2) is 29.1 Å². The zero-order chi connectivity index (χ0) is 25.2. The SMILES string of the molecule is CC[C@@H](C)Oc1c(Cl)cc(C=Nn2c(-c3cc4ccccc4o3)nc3ccccc3c2=O)cc1OC. The van der Waals surface area contributed by atoms with E-state index in [0.717, 1.165) is 11.8 Å². The molecule has 0 amide bonds. The maximum atomic E-state index is 13.5. The number of fused-ring (bicyclic) bond motifs is 2. The van der Waals surface area contributed by atoms with Crippen molar-refractivity contribution < 1.29 is 13.9 Å². The number of hydrogen-bond acceptors (Lipinski definition) is 6. The van der Waals surface area contributed by atoms with Gasteiger partial charge < -0.3 is 13.9 Å². The highest BCUT2D eigenvalue weighted by Gasteiger charge is 2.17. The summed E-state index contributed by atoms with van der Waals surface area (Å²) in [4.78, 5) is 18.2. The highest BCUT2D eigenvalue weighted by molar-refractivity contribution is 6.32. The van der Waals surface area contributed by atoms with Gasteiger partial charge in [-0.05, 0) is 55.3 Å². The molecule has 1 atom stereocenters. The van der Waals surface area contributed by atoms with Crippen LogP contribution in [0.3, 0.4) is 0 Å². The second-order valence-electron chi connectivity index (χ2n) is 8.33. The molecule has 2 heterocycles. The molecule has 2 aromatic heterocycles. The molecule has 0 aliphatic rings. The Bertz CT molecular complexity index is 1620. The molecule has 7 nitrogen and oxygen atoms in total. The standard InChI is InChI=1S/C28H24ClN3O4/c1-4-17(2)35-26-21(29)13-18(14-24(26)34-3)16-30-32-27(25-15-19-9-5-8-12-23(19)36-25)31-22-11-7-6-10-20(22)28(32)33/h5-17H,4H2,1-3H3/t17-/m1/s1. The molecule has 0 fully saturated rings. The Morgan fingerprint density at radius 2 is 1.92 bits per heavy atom. The quantitative estimate of drug-likeness (QED) is 0.237. The third-order valence-electron chi connectivity index (χ3n) is 5.87. The Morgan fingerprint density at radius 1 is 1.14 bits per heavy atom. The first kappa shape index (κ1) is 23.6. The van der Waals surface area contributed by atoms with Gasteiger partial charge in [-0.25, -0.2) is 4.98 Å². The van der Waals surface area contributed by atoms with Crippen LogP contribution in [0.5, 0.6) is 11.5 Å². The van der Waals surface area contributed by atoms with Crippen LogP contribution in [-0.2, 0) is 0 Å². The smallest absolute Gasteiger partial charge is 0.282 e. The zero-order valence-electron chi connectivity index (χ0n) is 20.1. The van der Waals surface area contributed by atoms with Crippen molar-refractivity contribution in [1.82, 2.24) is 9.66 Å². The number of furan rings is 1. The largest absolute Gasteiger partial charge is 0.493 e. The molecular weight excluding hydrogens is 478 g/mol. The monoisotopic (exact) mass is 501 g/mol. The molecule has 36 heavy (non-hydrogen) atoms. The summed E-state index contributed by atoms with van der Waals surface area (Å²) in [5, 5.41) is 6.23. The molecule has 0 N–H and O–H groups in total. The van der Waals surface area contributed by atoms with Gasteiger partial charge in [0.15, 0.2) is 17.3 Å². The van der Waals surface area contributed by atoms with E-state index in [1.807, 2.05) is 50.2 Å². The predicted octanol–water partition coefficient (Wildman–Crippen LogP) is 6.53. The number of halogens is 1. The van der Waals surface area contributed by atoms with E-state index in [1.54, 1.807) is 37.4 Å². The highest BCUT2D eigenvalue weighted by atomic mass is 35.5. The summed E-state index contributed by atoms with van der Waals surface area (Å²) in [6.45, 7) is 3.99. The Kier molecular flexibility index (Phi) is 6.48. The summed E-state index contributed by atoms with van der Waals surface area (Å²) >= 11 is 6.52. The van der Waals surface area contributed by atoms with Crippen LogP contribution in [0.1, 0.15) is 25.8 Å². The lowest BCUT2D eigenvalue weighted by Gasteiger charge is -2.17. The minimum atomic E-state index is -0.318. The Balaban J connectivity index is 1.64. The average molecular weight is 502 g/mol. The van der Waals surface area contributed by atoms with E-state index in [-0.39, 0.29) is 11.7 Å². The fourth-order valence-corrected chi connectivity index (χ4v) is 4.08. The van der Waals surface area contributed by atoms with Gasteiger partial charge in [0.1, 0.15) is 5.58 Å². The molecule has 0 saturated heterocycles.